The van der Waals surface area contributed by atoms with Crippen LogP contribution in [0.15, 0.2) is 6.07 Å². The molecule has 0 saturated heterocycles. The minimum absolute atomic E-state index is 0.0350. The van der Waals surface area contributed by atoms with E-state index in [1.54, 1.807) is 11.3 Å². The molecule has 4 heteroatoms. The summed E-state index contributed by atoms with van der Waals surface area (Å²) in [6.45, 7) is 4.67. The van der Waals surface area contributed by atoms with Crippen LogP contribution in [0.4, 0.5) is 0 Å². The van der Waals surface area contributed by atoms with Gasteiger partial charge in [-0.15, -0.1) is 11.3 Å². The van der Waals surface area contributed by atoms with Crippen molar-refractivity contribution in [1.82, 2.24) is 4.90 Å². The van der Waals surface area contributed by atoms with Crippen LogP contribution in [0, 0.1) is 0 Å². The van der Waals surface area contributed by atoms with Crippen molar-refractivity contribution in [1.29, 1.82) is 0 Å². The Morgan fingerprint density at radius 2 is 2.16 bits per heavy atom. The van der Waals surface area contributed by atoms with Crippen molar-refractivity contribution in [3.8, 4) is 0 Å². The van der Waals surface area contributed by atoms with E-state index in [-0.39, 0.29) is 18.6 Å². The molecule has 0 radical (unpaired) electrons. The third-order valence-electron chi connectivity index (χ3n) is 3.94. The molecule has 106 valence electrons. The average Bonchev–Trinajstić information content (AvgIpc) is 2.99. The van der Waals surface area contributed by atoms with E-state index in [0.717, 1.165) is 30.6 Å². The summed E-state index contributed by atoms with van der Waals surface area (Å²) >= 11 is 1.65. The summed E-state index contributed by atoms with van der Waals surface area (Å²) in [6.07, 6.45) is 5.34. The highest BCUT2D eigenvalue weighted by Crippen LogP contribution is 2.31. The summed E-state index contributed by atoms with van der Waals surface area (Å²) in [7, 11) is 0. The number of thiophene rings is 1. The number of aliphatic hydroxyl groups is 1. The van der Waals surface area contributed by atoms with Gasteiger partial charge in [0.2, 0.25) is 0 Å². The van der Waals surface area contributed by atoms with Crippen LogP contribution in [0.3, 0.4) is 0 Å². The maximum absolute atomic E-state index is 12.6. The Labute approximate surface area is 119 Å². The molecular weight excluding hydrogens is 258 g/mol. The molecule has 0 saturated carbocycles. The van der Waals surface area contributed by atoms with Gasteiger partial charge in [0.15, 0.2) is 0 Å². The average molecular weight is 281 g/mol. The molecule has 0 atom stereocenters. The number of rotatable bonds is 6. The van der Waals surface area contributed by atoms with Crippen LogP contribution in [0.1, 0.15) is 53.2 Å². The van der Waals surface area contributed by atoms with Crippen LogP contribution < -0.4 is 0 Å². The van der Waals surface area contributed by atoms with Crippen LogP contribution in [0.25, 0.3) is 0 Å². The molecule has 0 aliphatic heterocycles. The maximum Gasteiger partial charge on any atom is 0.264 e. The molecule has 0 bridgehead atoms. The van der Waals surface area contributed by atoms with Crippen molar-refractivity contribution in [3.05, 3.63) is 21.4 Å². The number of amides is 1. The largest absolute Gasteiger partial charge is 0.395 e. The van der Waals surface area contributed by atoms with Gasteiger partial charge in [0.05, 0.1) is 11.5 Å². The number of aryl methyl sites for hydroxylation is 2. The third-order valence-corrected chi connectivity index (χ3v) is 5.17. The zero-order chi connectivity index (χ0) is 13.8. The minimum atomic E-state index is 0.0350. The number of hydrogen-bond donors (Lipinski definition) is 1. The van der Waals surface area contributed by atoms with Gasteiger partial charge in [0.1, 0.15) is 0 Å². The minimum Gasteiger partial charge on any atom is -0.395 e. The number of aliphatic hydroxyl groups excluding tert-OH is 1. The summed E-state index contributed by atoms with van der Waals surface area (Å²) in [5, 5.41) is 9.20. The Hall–Kier alpha value is -0.870. The molecule has 2 rings (SSSR count). The van der Waals surface area contributed by atoms with Crippen molar-refractivity contribution >= 4 is 17.2 Å². The lowest BCUT2D eigenvalue weighted by Gasteiger charge is -2.29. The van der Waals surface area contributed by atoms with Crippen molar-refractivity contribution in [2.45, 2.75) is 52.0 Å². The molecule has 1 N–H and O–H groups in total. The van der Waals surface area contributed by atoms with Crippen LogP contribution >= 0.6 is 11.3 Å². The molecule has 0 fully saturated rings. The van der Waals surface area contributed by atoms with Crippen LogP contribution in [-0.2, 0) is 12.8 Å². The molecule has 1 aromatic heterocycles. The molecule has 1 heterocycles. The van der Waals surface area contributed by atoms with Gasteiger partial charge in [0, 0.05) is 17.5 Å². The summed E-state index contributed by atoms with van der Waals surface area (Å²) in [4.78, 5) is 16.7. The second-order valence-electron chi connectivity index (χ2n) is 5.11. The zero-order valence-corrected chi connectivity index (χ0v) is 12.6. The van der Waals surface area contributed by atoms with E-state index in [2.05, 4.69) is 19.9 Å². The normalized spacial score (nSPS) is 13.9. The first-order valence-corrected chi connectivity index (χ1v) is 8.06. The van der Waals surface area contributed by atoms with Gasteiger partial charge in [-0.1, -0.05) is 13.8 Å². The van der Waals surface area contributed by atoms with Gasteiger partial charge < -0.3 is 10.0 Å². The van der Waals surface area contributed by atoms with E-state index in [1.165, 1.54) is 16.9 Å². The molecular formula is C15H23NO2S. The van der Waals surface area contributed by atoms with Crippen LogP contribution in [0.5, 0.6) is 0 Å². The highest BCUT2D eigenvalue weighted by atomic mass is 32.1. The summed E-state index contributed by atoms with van der Waals surface area (Å²) in [5.41, 5.74) is 1.36. The summed E-state index contributed by atoms with van der Waals surface area (Å²) in [6, 6.07) is 2.30. The fourth-order valence-electron chi connectivity index (χ4n) is 2.86. The van der Waals surface area contributed by atoms with E-state index in [1.807, 2.05) is 4.90 Å². The Kier molecular flexibility index (Phi) is 4.99. The second kappa shape index (κ2) is 6.53. The summed E-state index contributed by atoms with van der Waals surface area (Å²) in [5.74, 6) is 0.0992. The standard InChI is InChI=1S/C15H23NO2S/c1-3-12(4-2)16(8-9-17)15(18)14-10-11-6-5-7-13(11)19-14/h10,12,17H,3-9H2,1-2H3. The quantitative estimate of drug-likeness (QED) is 0.871. The van der Waals surface area contributed by atoms with Crippen LogP contribution in [-0.4, -0.2) is 35.1 Å². The maximum atomic E-state index is 12.6. The van der Waals surface area contributed by atoms with E-state index in [0.29, 0.717) is 6.54 Å². The van der Waals surface area contributed by atoms with Gasteiger partial charge >= 0.3 is 0 Å². The molecule has 0 spiro atoms. The highest BCUT2D eigenvalue weighted by molar-refractivity contribution is 7.14. The zero-order valence-electron chi connectivity index (χ0n) is 11.8. The third kappa shape index (κ3) is 3.00. The van der Waals surface area contributed by atoms with E-state index < -0.39 is 0 Å². The predicted octanol–water partition coefficient (Wildman–Crippen LogP) is 2.86. The lowest BCUT2D eigenvalue weighted by molar-refractivity contribution is 0.0627. The fraction of sp³-hybridized carbons (Fsp3) is 0.667. The van der Waals surface area contributed by atoms with E-state index >= 15 is 0 Å². The predicted molar refractivity (Wildman–Crippen MR) is 78.8 cm³/mol. The topological polar surface area (TPSA) is 40.5 Å². The van der Waals surface area contributed by atoms with Gasteiger partial charge in [-0.3, -0.25) is 4.79 Å². The van der Waals surface area contributed by atoms with Gasteiger partial charge in [-0.2, -0.15) is 0 Å². The van der Waals surface area contributed by atoms with Crippen molar-refractivity contribution in [3.63, 3.8) is 0 Å². The monoisotopic (exact) mass is 281 g/mol. The number of fused-ring (bicyclic) bond motifs is 1. The molecule has 1 amide bonds. The highest BCUT2D eigenvalue weighted by Gasteiger charge is 2.25. The van der Waals surface area contributed by atoms with Crippen LogP contribution in [0.2, 0.25) is 0 Å². The molecule has 19 heavy (non-hydrogen) atoms. The lowest BCUT2D eigenvalue weighted by atomic mass is 10.1. The SMILES string of the molecule is CCC(CC)N(CCO)C(=O)c1cc2c(s1)CCC2. The van der Waals surface area contributed by atoms with Crippen molar-refractivity contribution < 1.29 is 9.90 Å². The van der Waals surface area contributed by atoms with Gasteiger partial charge in [-0.25, -0.2) is 0 Å². The molecule has 0 unspecified atom stereocenters. The van der Waals surface area contributed by atoms with Crippen molar-refractivity contribution in [2.75, 3.05) is 13.2 Å². The smallest absolute Gasteiger partial charge is 0.264 e. The fourth-order valence-corrected chi connectivity index (χ4v) is 4.07. The number of carbonyl (C=O) groups is 1. The second-order valence-corrected chi connectivity index (χ2v) is 6.24. The number of nitrogens with zero attached hydrogens (tertiary/aromatic N) is 1. The van der Waals surface area contributed by atoms with E-state index in [4.69, 9.17) is 0 Å². The first-order valence-electron chi connectivity index (χ1n) is 7.24. The Bertz CT molecular complexity index is 416. The lowest BCUT2D eigenvalue weighted by Crippen LogP contribution is -2.41. The number of carbonyl (C=O) groups excluding carboxylic acids is 1. The summed E-state index contributed by atoms with van der Waals surface area (Å²) < 4.78 is 0. The first kappa shape index (κ1) is 14.5. The molecule has 1 aromatic rings. The van der Waals surface area contributed by atoms with Gasteiger partial charge in [0.25, 0.3) is 5.91 Å². The van der Waals surface area contributed by atoms with Gasteiger partial charge in [-0.05, 0) is 43.7 Å². The Balaban J connectivity index is 2.18. The molecule has 1 aliphatic carbocycles. The number of hydrogen-bond acceptors (Lipinski definition) is 3. The molecule has 3 nitrogen and oxygen atoms in total. The Morgan fingerprint density at radius 1 is 1.42 bits per heavy atom. The first-order chi connectivity index (χ1) is 9.21. The van der Waals surface area contributed by atoms with Crippen molar-refractivity contribution in [2.24, 2.45) is 0 Å². The molecule has 1 aliphatic rings. The Morgan fingerprint density at radius 3 is 2.74 bits per heavy atom. The van der Waals surface area contributed by atoms with E-state index in [9.17, 15) is 9.90 Å². The molecule has 0 aromatic carbocycles.